The highest BCUT2D eigenvalue weighted by atomic mass is 16.2. The Balaban J connectivity index is 1.69. The van der Waals surface area contributed by atoms with Crippen LogP contribution in [0, 0.1) is 6.92 Å². The molecule has 3 heterocycles. The summed E-state index contributed by atoms with van der Waals surface area (Å²) in [7, 11) is 1.86. The van der Waals surface area contributed by atoms with Crippen molar-refractivity contribution >= 4 is 16.8 Å². The Bertz CT molecular complexity index is 939. The predicted octanol–water partition coefficient (Wildman–Crippen LogP) is 1.95. The highest BCUT2D eigenvalue weighted by Crippen LogP contribution is 2.22. The Morgan fingerprint density at radius 1 is 1.23 bits per heavy atom. The summed E-state index contributed by atoms with van der Waals surface area (Å²) in [4.78, 5) is 19.1. The summed E-state index contributed by atoms with van der Waals surface area (Å²) in [5.41, 5.74) is 2.92. The fourth-order valence-electron chi connectivity index (χ4n) is 3.55. The molecule has 0 bridgehead atoms. The third-order valence-corrected chi connectivity index (χ3v) is 5.12. The van der Waals surface area contributed by atoms with Crippen molar-refractivity contribution in [3.63, 3.8) is 0 Å². The third kappa shape index (κ3) is 2.84. The molecule has 0 unspecified atom stereocenters. The first-order valence-corrected chi connectivity index (χ1v) is 8.91. The molecule has 1 fully saturated rings. The third-order valence-electron chi connectivity index (χ3n) is 5.12. The lowest BCUT2D eigenvalue weighted by Crippen LogP contribution is -2.44. The zero-order valence-electron chi connectivity index (χ0n) is 15.0. The normalized spacial score (nSPS) is 15.3. The number of nitrogens with one attached hydrogen (secondary N) is 1. The molecule has 7 nitrogen and oxygen atoms in total. The van der Waals surface area contributed by atoms with E-state index in [0.717, 1.165) is 48.2 Å². The molecule has 1 aromatic carbocycles. The summed E-state index contributed by atoms with van der Waals surface area (Å²) in [6, 6.07) is 10.0. The second-order valence-electron chi connectivity index (χ2n) is 6.68. The Morgan fingerprint density at radius 2 is 2.04 bits per heavy atom. The van der Waals surface area contributed by atoms with Gasteiger partial charge in [0.15, 0.2) is 5.69 Å². The van der Waals surface area contributed by atoms with Gasteiger partial charge in [-0.25, -0.2) is 4.68 Å². The van der Waals surface area contributed by atoms with E-state index in [1.807, 2.05) is 49.2 Å². The molecule has 2 aromatic heterocycles. The van der Waals surface area contributed by atoms with Crippen LogP contribution in [0.25, 0.3) is 16.6 Å². The number of piperidine rings is 1. The van der Waals surface area contributed by atoms with E-state index in [1.54, 1.807) is 10.9 Å². The number of amides is 1. The quantitative estimate of drug-likeness (QED) is 0.781. The topological polar surface area (TPSA) is 75.9 Å². The van der Waals surface area contributed by atoms with Gasteiger partial charge in [-0.3, -0.25) is 9.78 Å². The molecule has 7 heteroatoms. The molecular formula is C19H22N6O. The number of aromatic nitrogens is 4. The molecule has 1 N–H and O–H groups in total. The maximum Gasteiger partial charge on any atom is 0.276 e. The first kappa shape index (κ1) is 16.7. The van der Waals surface area contributed by atoms with Crippen LogP contribution in [-0.2, 0) is 0 Å². The van der Waals surface area contributed by atoms with Crippen molar-refractivity contribution in [1.29, 1.82) is 0 Å². The number of nitrogens with zero attached hydrogens (tertiary/aromatic N) is 5. The van der Waals surface area contributed by atoms with Crippen LogP contribution in [0.5, 0.6) is 0 Å². The van der Waals surface area contributed by atoms with E-state index in [1.165, 1.54) is 0 Å². The van der Waals surface area contributed by atoms with Crippen LogP contribution in [0.4, 0.5) is 0 Å². The molecule has 0 radical (unpaired) electrons. The van der Waals surface area contributed by atoms with Crippen molar-refractivity contribution < 1.29 is 4.79 Å². The minimum atomic E-state index is -0.0704. The Hall–Kier alpha value is -2.80. The standard InChI is InChI=1S/C19H22N6O/c1-13-18(19(26)24(2)14-8-11-20-12-9-14)22-23-25(13)17-7-3-6-16-15(17)5-4-10-21-16/h3-7,10,14,20H,8-9,11-12H2,1-2H3. The molecule has 3 aromatic rings. The molecule has 1 saturated heterocycles. The summed E-state index contributed by atoms with van der Waals surface area (Å²) >= 11 is 0. The number of benzene rings is 1. The van der Waals surface area contributed by atoms with Gasteiger partial charge in [-0.1, -0.05) is 11.3 Å². The van der Waals surface area contributed by atoms with Gasteiger partial charge in [-0.2, -0.15) is 0 Å². The molecule has 4 rings (SSSR count). The number of rotatable bonds is 3. The minimum Gasteiger partial charge on any atom is -0.337 e. The Labute approximate surface area is 152 Å². The molecular weight excluding hydrogens is 328 g/mol. The zero-order valence-corrected chi connectivity index (χ0v) is 15.0. The molecule has 1 amide bonds. The molecule has 0 spiro atoms. The monoisotopic (exact) mass is 350 g/mol. The van der Waals surface area contributed by atoms with E-state index in [2.05, 4.69) is 20.6 Å². The van der Waals surface area contributed by atoms with E-state index >= 15 is 0 Å². The molecule has 1 aliphatic heterocycles. The van der Waals surface area contributed by atoms with Gasteiger partial charge in [0.2, 0.25) is 0 Å². The van der Waals surface area contributed by atoms with Crippen LogP contribution in [0.3, 0.4) is 0 Å². The first-order chi connectivity index (χ1) is 12.7. The SMILES string of the molecule is Cc1c(C(=O)N(C)C2CCNCC2)nnn1-c1cccc2ncccc12. The van der Waals surface area contributed by atoms with Crippen molar-refractivity contribution in [3.05, 3.63) is 47.9 Å². The van der Waals surface area contributed by atoms with Gasteiger partial charge in [0.05, 0.1) is 16.9 Å². The molecule has 134 valence electrons. The molecule has 0 saturated carbocycles. The Morgan fingerprint density at radius 3 is 2.85 bits per heavy atom. The average molecular weight is 350 g/mol. The molecule has 26 heavy (non-hydrogen) atoms. The van der Waals surface area contributed by atoms with Gasteiger partial charge in [0.25, 0.3) is 5.91 Å². The highest BCUT2D eigenvalue weighted by molar-refractivity contribution is 5.94. The van der Waals surface area contributed by atoms with Gasteiger partial charge in [0, 0.05) is 24.7 Å². The number of pyridine rings is 1. The van der Waals surface area contributed by atoms with Gasteiger partial charge in [0.1, 0.15) is 0 Å². The summed E-state index contributed by atoms with van der Waals surface area (Å²) in [5, 5.41) is 12.8. The summed E-state index contributed by atoms with van der Waals surface area (Å²) < 4.78 is 1.73. The number of carbonyl (C=O) groups is 1. The lowest BCUT2D eigenvalue weighted by molar-refractivity contribution is 0.0696. The van der Waals surface area contributed by atoms with Crippen molar-refractivity contribution in [2.45, 2.75) is 25.8 Å². The molecule has 1 aliphatic rings. The lowest BCUT2D eigenvalue weighted by atomic mass is 10.0. The first-order valence-electron chi connectivity index (χ1n) is 8.91. The van der Waals surface area contributed by atoms with Crippen LogP contribution in [0.15, 0.2) is 36.5 Å². The van der Waals surface area contributed by atoms with Crippen molar-refractivity contribution in [2.75, 3.05) is 20.1 Å². The smallest absolute Gasteiger partial charge is 0.276 e. The second kappa shape index (κ2) is 6.84. The summed E-state index contributed by atoms with van der Waals surface area (Å²) in [6.45, 7) is 3.77. The number of hydrogen-bond donors (Lipinski definition) is 1. The fourth-order valence-corrected chi connectivity index (χ4v) is 3.55. The van der Waals surface area contributed by atoms with Crippen LogP contribution in [-0.4, -0.2) is 57.0 Å². The predicted molar refractivity (Wildman–Crippen MR) is 99.4 cm³/mol. The van der Waals surface area contributed by atoms with Gasteiger partial charge in [-0.05, 0) is 57.1 Å². The zero-order chi connectivity index (χ0) is 18.1. The van der Waals surface area contributed by atoms with E-state index in [-0.39, 0.29) is 11.9 Å². The maximum atomic E-state index is 13.0. The maximum absolute atomic E-state index is 13.0. The molecule has 0 atom stereocenters. The van der Waals surface area contributed by atoms with Crippen molar-refractivity contribution in [3.8, 4) is 5.69 Å². The van der Waals surface area contributed by atoms with Crippen LogP contribution < -0.4 is 5.32 Å². The van der Waals surface area contributed by atoms with Crippen LogP contribution >= 0.6 is 0 Å². The van der Waals surface area contributed by atoms with E-state index < -0.39 is 0 Å². The number of carbonyl (C=O) groups excluding carboxylic acids is 1. The Kier molecular flexibility index (Phi) is 4.38. The summed E-state index contributed by atoms with van der Waals surface area (Å²) in [5.74, 6) is -0.0704. The van der Waals surface area contributed by atoms with Gasteiger partial charge in [-0.15, -0.1) is 5.10 Å². The fraction of sp³-hybridized carbons (Fsp3) is 0.368. The van der Waals surface area contributed by atoms with Crippen molar-refractivity contribution in [2.24, 2.45) is 0 Å². The van der Waals surface area contributed by atoms with Gasteiger partial charge < -0.3 is 10.2 Å². The number of fused-ring (bicyclic) bond motifs is 1. The minimum absolute atomic E-state index is 0.0704. The highest BCUT2D eigenvalue weighted by Gasteiger charge is 2.27. The molecule has 0 aliphatic carbocycles. The van der Waals surface area contributed by atoms with E-state index in [4.69, 9.17) is 0 Å². The lowest BCUT2D eigenvalue weighted by Gasteiger charge is -2.31. The van der Waals surface area contributed by atoms with Gasteiger partial charge >= 0.3 is 0 Å². The van der Waals surface area contributed by atoms with Crippen LogP contribution in [0.2, 0.25) is 0 Å². The van der Waals surface area contributed by atoms with E-state index in [9.17, 15) is 4.79 Å². The average Bonchev–Trinajstić information content (AvgIpc) is 3.08. The largest absolute Gasteiger partial charge is 0.337 e. The van der Waals surface area contributed by atoms with Crippen LogP contribution in [0.1, 0.15) is 29.0 Å². The number of hydrogen-bond acceptors (Lipinski definition) is 5. The summed E-state index contributed by atoms with van der Waals surface area (Å²) in [6.07, 6.45) is 3.69. The second-order valence-corrected chi connectivity index (χ2v) is 6.68. The van der Waals surface area contributed by atoms with Crippen molar-refractivity contribution in [1.82, 2.24) is 30.2 Å². The van der Waals surface area contributed by atoms with E-state index in [0.29, 0.717) is 5.69 Å².